The van der Waals surface area contributed by atoms with Crippen LogP contribution in [0.2, 0.25) is 0 Å². The Morgan fingerprint density at radius 1 is 0.263 bits per heavy atom. The van der Waals surface area contributed by atoms with Gasteiger partial charge in [-0.15, -0.1) is 0 Å². The minimum atomic E-state index is -0.816. The topological polar surface area (TPSA) is 78.9 Å². The van der Waals surface area contributed by atoms with Gasteiger partial charge in [-0.05, 0) is 141 Å². The third-order valence-corrected chi connectivity index (χ3v) is 13.6. The van der Waals surface area contributed by atoms with Gasteiger partial charge in [0.1, 0.15) is 13.2 Å². The fourth-order valence-electron chi connectivity index (χ4n) is 8.70. The van der Waals surface area contributed by atoms with Crippen molar-refractivity contribution in [1.29, 1.82) is 0 Å². The maximum atomic E-state index is 12.9. The molecule has 1 unspecified atom stereocenters. The van der Waals surface area contributed by atoms with Gasteiger partial charge >= 0.3 is 17.9 Å². The Bertz CT molecular complexity index is 1750. The SMILES string of the molecule is CC/C=C\C/C=C\C/C=C\C/C=C\C/C=C\C/C=C\CCCCC(=O)OC(COC(=O)CCCCCCC/C=C\C/C=C\CCCCCC)COC(=O)CCCCCCCCCCCCCC/C=C\C/C=C\C/C=C\C/C=C\CC. The van der Waals surface area contributed by atoms with Gasteiger partial charge in [-0.25, -0.2) is 0 Å². The van der Waals surface area contributed by atoms with E-state index < -0.39 is 6.10 Å². The highest BCUT2D eigenvalue weighted by Crippen LogP contribution is 2.15. The number of carbonyl (C=O) groups excluding carboxylic acids is 3. The van der Waals surface area contributed by atoms with E-state index in [1.54, 1.807) is 0 Å². The Morgan fingerprint density at radius 2 is 0.487 bits per heavy atom. The molecule has 0 aliphatic heterocycles. The molecule has 0 saturated carbocycles. The van der Waals surface area contributed by atoms with Crippen molar-refractivity contribution in [2.24, 2.45) is 0 Å². The summed E-state index contributed by atoms with van der Waals surface area (Å²) < 4.78 is 16.9. The standard InChI is InChI=1S/C74H120O6/c1-4-7-10-13-16-19-22-25-28-31-33-35-36-37-38-40-41-43-46-49-52-55-58-61-64-67-73(76)79-70-71(69-78-72(75)66-63-60-57-54-51-48-45-30-27-24-21-18-15-12-9-6-3)80-74(77)68-65-62-59-56-53-50-47-44-42-39-34-32-29-26-23-20-17-14-11-8-5-2/h7-8,10-11,16-17,19-21,24-26,28-30,33-35,39,44-45,47,53,56,71H,4-6,9,12-15,18,22-23,27,31-32,36-38,40-43,46,48-52,54-55,57-70H2,1-3H3/b10-7-,11-8-,19-16-,20-17-,24-21-,28-25-,29-26-,35-33-,39-34-,45-30-,47-44-,56-53-. The van der Waals surface area contributed by atoms with Crippen molar-refractivity contribution in [2.45, 2.75) is 290 Å². The first kappa shape index (κ1) is 75.3. The molecule has 0 aliphatic rings. The second kappa shape index (κ2) is 66.8. The van der Waals surface area contributed by atoms with E-state index >= 15 is 0 Å². The number of allylic oxidation sites excluding steroid dienone is 24. The lowest BCUT2D eigenvalue weighted by Crippen LogP contribution is -2.30. The molecule has 0 rings (SSSR count). The number of unbranched alkanes of at least 4 members (excludes halogenated alkanes) is 23. The number of hydrogen-bond acceptors (Lipinski definition) is 6. The minimum absolute atomic E-state index is 0.106. The fourth-order valence-corrected chi connectivity index (χ4v) is 8.70. The molecule has 6 heteroatoms. The molecule has 0 bridgehead atoms. The van der Waals surface area contributed by atoms with Crippen molar-refractivity contribution >= 4 is 17.9 Å². The minimum Gasteiger partial charge on any atom is -0.462 e. The third kappa shape index (κ3) is 64.1. The van der Waals surface area contributed by atoms with Crippen LogP contribution in [0.25, 0.3) is 0 Å². The third-order valence-electron chi connectivity index (χ3n) is 13.6. The van der Waals surface area contributed by atoms with Gasteiger partial charge in [-0.2, -0.15) is 0 Å². The Balaban J connectivity index is 4.46. The smallest absolute Gasteiger partial charge is 0.306 e. The summed E-state index contributed by atoms with van der Waals surface area (Å²) in [6.07, 6.45) is 95.7. The van der Waals surface area contributed by atoms with E-state index in [9.17, 15) is 14.4 Å². The number of carbonyl (C=O) groups is 3. The maximum absolute atomic E-state index is 12.9. The fraction of sp³-hybridized carbons (Fsp3) is 0.635. The second-order valence-electron chi connectivity index (χ2n) is 21.3. The molecule has 0 spiro atoms. The Kier molecular flexibility index (Phi) is 62.9. The molecule has 0 amide bonds. The van der Waals surface area contributed by atoms with Crippen molar-refractivity contribution in [1.82, 2.24) is 0 Å². The summed E-state index contributed by atoms with van der Waals surface area (Å²) in [5.74, 6) is -0.963. The summed E-state index contributed by atoms with van der Waals surface area (Å²) in [7, 11) is 0. The van der Waals surface area contributed by atoms with Gasteiger partial charge in [-0.3, -0.25) is 14.4 Å². The predicted octanol–water partition coefficient (Wildman–Crippen LogP) is 22.7. The quantitative estimate of drug-likeness (QED) is 0.0261. The first-order chi connectivity index (χ1) is 39.5. The maximum Gasteiger partial charge on any atom is 0.306 e. The average molecular weight is 1110 g/mol. The van der Waals surface area contributed by atoms with E-state index in [1.165, 1.54) is 96.3 Å². The summed E-state index contributed by atoms with van der Waals surface area (Å²) in [5.41, 5.74) is 0. The summed E-state index contributed by atoms with van der Waals surface area (Å²) >= 11 is 0. The Hall–Kier alpha value is -4.71. The van der Waals surface area contributed by atoms with Gasteiger partial charge in [0.15, 0.2) is 6.10 Å². The molecular formula is C74H120O6. The van der Waals surface area contributed by atoms with E-state index in [0.29, 0.717) is 19.3 Å². The molecule has 0 heterocycles. The highest BCUT2D eigenvalue weighted by Gasteiger charge is 2.19. The molecule has 452 valence electrons. The summed E-state index contributed by atoms with van der Waals surface area (Å²) in [5, 5.41) is 0. The lowest BCUT2D eigenvalue weighted by molar-refractivity contribution is -0.167. The number of hydrogen-bond donors (Lipinski definition) is 0. The van der Waals surface area contributed by atoms with Crippen LogP contribution in [0.4, 0.5) is 0 Å². The molecule has 0 aromatic carbocycles. The molecule has 6 nitrogen and oxygen atoms in total. The van der Waals surface area contributed by atoms with Gasteiger partial charge < -0.3 is 14.2 Å². The molecule has 0 saturated heterocycles. The van der Waals surface area contributed by atoms with Crippen LogP contribution in [0.3, 0.4) is 0 Å². The molecular weight excluding hydrogens is 985 g/mol. The molecule has 0 radical (unpaired) electrons. The normalized spacial score (nSPS) is 13.1. The summed E-state index contributed by atoms with van der Waals surface area (Å²) in [6, 6.07) is 0. The van der Waals surface area contributed by atoms with Crippen LogP contribution in [0, 0.1) is 0 Å². The van der Waals surface area contributed by atoms with Crippen molar-refractivity contribution < 1.29 is 28.6 Å². The highest BCUT2D eigenvalue weighted by molar-refractivity contribution is 5.71. The molecule has 0 fully saturated rings. The zero-order valence-corrected chi connectivity index (χ0v) is 51.8. The first-order valence-corrected chi connectivity index (χ1v) is 32.8. The molecule has 0 aromatic heterocycles. The Labute approximate surface area is 493 Å². The molecule has 1 atom stereocenters. The number of rotatable bonds is 58. The van der Waals surface area contributed by atoms with E-state index in [0.717, 1.165) is 141 Å². The average Bonchev–Trinajstić information content (AvgIpc) is 3.46. The van der Waals surface area contributed by atoms with Gasteiger partial charge in [0.25, 0.3) is 0 Å². The van der Waals surface area contributed by atoms with E-state index in [-0.39, 0.29) is 37.5 Å². The van der Waals surface area contributed by atoms with Crippen molar-refractivity contribution in [3.63, 3.8) is 0 Å². The summed E-state index contributed by atoms with van der Waals surface area (Å²) in [4.78, 5) is 38.4. The van der Waals surface area contributed by atoms with Crippen LogP contribution in [0.15, 0.2) is 146 Å². The van der Waals surface area contributed by atoms with Crippen LogP contribution in [0.5, 0.6) is 0 Å². The first-order valence-electron chi connectivity index (χ1n) is 32.8. The monoisotopic (exact) mass is 1100 g/mol. The van der Waals surface area contributed by atoms with Crippen LogP contribution in [-0.2, 0) is 28.6 Å². The van der Waals surface area contributed by atoms with Crippen LogP contribution in [0.1, 0.15) is 284 Å². The van der Waals surface area contributed by atoms with E-state index in [1.807, 2.05) is 0 Å². The zero-order chi connectivity index (χ0) is 57.8. The van der Waals surface area contributed by atoms with Crippen LogP contribution >= 0.6 is 0 Å². The van der Waals surface area contributed by atoms with Crippen LogP contribution < -0.4 is 0 Å². The molecule has 0 N–H and O–H groups in total. The highest BCUT2D eigenvalue weighted by atomic mass is 16.6. The van der Waals surface area contributed by atoms with E-state index in [2.05, 4.69) is 167 Å². The van der Waals surface area contributed by atoms with Gasteiger partial charge in [0.2, 0.25) is 0 Å². The van der Waals surface area contributed by atoms with Crippen molar-refractivity contribution in [3.8, 4) is 0 Å². The molecule has 0 aliphatic carbocycles. The number of ether oxygens (including phenoxy) is 3. The predicted molar refractivity (Wildman–Crippen MR) is 348 cm³/mol. The van der Waals surface area contributed by atoms with Crippen molar-refractivity contribution in [2.75, 3.05) is 13.2 Å². The lowest BCUT2D eigenvalue weighted by atomic mass is 10.0. The van der Waals surface area contributed by atoms with Crippen molar-refractivity contribution in [3.05, 3.63) is 146 Å². The zero-order valence-electron chi connectivity index (χ0n) is 51.8. The summed E-state index contributed by atoms with van der Waals surface area (Å²) in [6.45, 7) is 6.36. The lowest BCUT2D eigenvalue weighted by Gasteiger charge is -2.18. The molecule has 0 aromatic rings. The van der Waals surface area contributed by atoms with E-state index in [4.69, 9.17) is 14.2 Å². The Morgan fingerprint density at radius 3 is 0.787 bits per heavy atom. The van der Waals surface area contributed by atoms with Crippen LogP contribution in [-0.4, -0.2) is 37.2 Å². The van der Waals surface area contributed by atoms with Gasteiger partial charge in [0, 0.05) is 19.3 Å². The molecule has 80 heavy (non-hydrogen) atoms. The van der Waals surface area contributed by atoms with Gasteiger partial charge in [-0.1, -0.05) is 269 Å². The second-order valence-corrected chi connectivity index (χ2v) is 21.3. The van der Waals surface area contributed by atoms with Gasteiger partial charge in [0.05, 0.1) is 0 Å². The number of esters is 3. The largest absolute Gasteiger partial charge is 0.462 e.